The van der Waals surface area contributed by atoms with Crippen molar-refractivity contribution in [2.75, 3.05) is 39.9 Å². The molecule has 2 saturated heterocycles. The molecule has 94 valence electrons. The highest BCUT2D eigenvalue weighted by Crippen LogP contribution is 2.20. The first-order chi connectivity index (χ1) is 7.79. The molecule has 0 radical (unpaired) electrons. The molecule has 0 aromatic rings. The number of nitrogens with one attached hydrogen (secondary N) is 1. The van der Waals surface area contributed by atoms with Gasteiger partial charge in [-0.3, -0.25) is 0 Å². The van der Waals surface area contributed by atoms with E-state index in [1.807, 2.05) is 7.11 Å². The SMILES string of the molecule is COCC1CCN(CC2NCCC2C)CC1. The van der Waals surface area contributed by atoms with E-state index in [9.17, 15) is 0 Å². The summed E-state index contributed by atoms with van der Waals surface area (Å²) in [6, 6.07) is 0.735. The fourth-order valence-electron chi connectivity index (χ4n) is 2.99. The Labute approximate surface area is 99.5 Å². The van der Waals surface area contributed by atoms with Gasteiger partial charge in [-0.25, -0.2) is 0 Å². The molecular weight excluding hydrogens is 200 g/mol. The van der Waals surface area contributed by atoms with Crippen molar-refractivity contribution in [3.05, 3.63) is 0 Å². The Bertz CT molecular complexity index is 202. The lowest BCUT2D eigenvalue weighted by Gasteiger charge is -2.34. The molecule has 2 aliphatic rings. The summed E-state index contributed by atoms with van der Waals surface area (Å²) in [5, 5.41) is 3.62. The maximum Gasteiger partial charge on any atom is 0.0491 e. The van der Waals surface area contributed by atoms with E-state index in [1.54, 1.807) is 0 Å². The summed E-state index contributed by atoms with van der Waals surface area (Å²) < 4.78 is 5.24. The van der Waals surface area contributed by atoms with Crippen molar-refractivity contribution in [2.45, 2.75) is 32.2 Å². The fraction of sp³-hybridized carbons (Fsp3) is 1.00. The molecule has 0 spiro atoms. The van der Waals surface area contributed by atoms with Crippen molar-refractivity contribution < 1.29 is 4.74 Å². The van der Waals surface area contributed by atoms with E-state index in [4.69, 9.17) is 4.74 Å². The smallest absolute Gasteiger partial charge is 0.0491 e. The number of methoxy groups -OCH3 is 1. The molecule has 2 aliphatic heterocycles. The van der Waals surface area contributed by atoms with Crippen LogP contribution in [0, 0.1) is 11.8 Å². The van der Waals surface area contributed by atoms with Crippen LogP contribution >= 0.6 is 0 Å². The van der Waals surface area contributed by atoms with Gasteiger partial charge < -0.3 is 15.0 Å². The van der Waals surface area contributed by atoms with E-state index < -0.39 is 0 Å². The van der Waals surface area contributed by atoms with Gasteiger partial charge >= 0.3 is 0 Å². The normalized spacial score (nSPS) is 33.4. The van der Waals surface area contributed by atoms with Crippen molar-refractivity contribution >= 4 is 0 Å². The second-order valence-electron chi connectivity index (χ2n) is 5.53. The first-order valence-corrected chi connectivity index (χ1v) is 6.74. The monoisotopic (exact) mass is 226 g/mol. The zero-order valence-corrected chi connectivity index (χ0v) is 10.7. The van der Waals surface area contributed by atoms with Gasteiger partial charge in [0.15, 0.2) is 0 Å². The lowest BCUT2D eigenvalue weighted by molar-refractivity contribution is 0.0942. The Balaban J connectivity index is 1.68. The zero-order chi connectivity index (χ0) is 11.4. The molecule has 0 amide bonds. The molecule has 3 heteroatoms. The maximum absolute atomic E-state index is 5.24. The van der Waals surface area contributed by atoms with Crippen molar-refractivity contribution in [3.8, 4) is 0 Å². The average Bonchev–Trinajstić information content (AvgIpc) is 2.68. The van der Waals surface area contributed by atoms with Gasteiger partial charge in [-0.1, -0.05) is 6.92 Å². The minimum Gasteiger partial charge on any atom is -0.384 e. The third-order valence-electron chi connectivity index (χ3n) is 4.26. The van der Waals surface area contributed by atoms with Gasteiger partial charge in [0.05, 0.1) is 0 Å². The molecule has 0 aliphatic carbocycles. The topological polar surface area (TPSA) is 24.5 Å². The molecule has 2 unspecified atom stereocenters. The van der Waals surface area contributed by atoms with Crippen molar-refractivity contribution in [1.29, 1.82) is 0 Å². The summed E-state index contributed by atoms with van der Waals surface area (Å²) in [6.45, 7) is 8.32. The molecule has 1 N–H and O–H groups in total. The number of rotatable bonds is 4. The highest BCUT2D eigenvalue weighted by Gasteiger charge is 2.26. The van der Waals surface area contributed by atoms with Crippen molar-refractivity contribution in [3.63, 3.8) is 0 Å². The summed E-state index contributed by atoms with van der Waals surface area (Å²) >= 11 is 0. The van der Waals surface area contributed by atoms with Gasteiger partial charge in [-0.2, -0.15) is 0 Å². The molecule has 0 aromatic heterocycles. The second-order valence-corrected chi connectivity index (χ2v) is 5.53. The lowest BCUT2D eigenvalue weighted by Crippen LogP contribution is -2.44. The van der Waals surface area contributed by atoms with Gasteiger partial charge in [-0.05, 0) is 50.7 Å². The van der Waals surface area contributed by atoms with Crippen LogP contribution in [0.5, 0.6) is 0 Å². The quantitative estimate of drug-likeness (QED) is 0.783. The van der Waals surface area contributed by atoms with E-state index in [1.165, 1.54) is 45.4 Å². The first kappa shape index (κ1) is 12.3. The first-order valence-electron chi connectivity index (χ1n) is 6.74. The molecule has 0 aromatic carbocycles. The molecule has 3 nitrogen and oxygen atoms in total. The van der Waals surface area contributed by atoms with Gasteiger partial charge in [-0.15, -0.1) is 0 Å². The van der Waals surface area contributed by atoms with Gasteiger partial charge in [0.25, 0.3) is 0 Å². The summed E-state index contributed by atoms with van der Waals surface area (Å²) in [7, 11) is 1.82. The van der Waals surface area contributed by atoms with Crippen LogP contribution in [0.25, 0.3) is 0 Å². The minimum absolute atomic E-state index is 0.735. The van der Waals surface area contributed by atoms with E-state index >= 15 is 0 Å². The maximum atomic E-state index is 5.24. The third kappa shape index (κ3) is 3.19. The third-order valence-corrected chi connectivity index (χ3v) is 4.26. The Morgan fingerprint density at radius 1 is 1.25 bits per heavy atom. The largest absolute Gasteiger partial charge is 0.384 e. The zero-order valence-electron chi connectivity index (χ0n) is 10.7. The Kier molecular flexibility index (Phi) is 4.62. The van der Waals surface area contributed by atoms with Crippen LogP contribution in [-0.2, 0) is 4.74 Å². The molecule has 2 atom stereocenters. The Hall–Kier alpha value is -0.120. The Morgan fingerprint density at radius 2 is 2.00 bits per heavy atom. The van der Waals surface area contributed by atoms with E-state index in [0.29, 0.717) is 0 Å². The molecule has 0 saturated carbocycles. The molecule has 2 fully saturated rings. The average molecular weight is 226 g/mol. The lowest BCUT2D eigenvalue weighted by atomic mass is 9.96. The van der Waals surface area contributed by atoms with E-state index in [2.05, 4.69) is 17.1 Å². The molecule has 2 heterocycles. The number of ether oxygens (including phenoxy) is 1. The number of likely N-dealkylation sites (tertiary alicyclic amines) is 1. The van der Waals surface area contributed by atoms with Crippen LogP contribution in [-0.4, -0.2) is 50.8 Å². The van der Waals surface area contributed by atoms with Gasteiger partial charge in [0.1, 0.15) is 0 Å². The summed E-state index contributed by atoms with van der Waals surface area (Å²) in [6.07, 6.45) is 3.98. The molecule has 0 bridgehead atoms. The second kappa shape index (κ2) is 5.99. The minimum atomic E-state index is 0.735. The van der Waals surface area contributed by atoms with Gasteiger partial charge in [0, 0.05) is 26.3 Å². The van der Waals surface area contributed by atoms with Crippen LogP contribution in [0.2, 0.25) is 0 Å². The van der Waals surface area contributed by atoms with Crippen LogP contribution in [0.3, 0.4) is 0 Å². The molecule has 16 heavy (non-hydrogen) atoms. The van der Waals surface area contributed by atoms with E-state index in [0.717, 1.165) is 24.5 Å². The highest BCUT2D eigenvalue weighted by atomic mass is 16.5. The van der Waals surface area contributed by atoms with E-state index in [-0.39, 0.29) is 0 Å². The summed E-state index contributed by atoms with van der Waals surface area (Å²) in [4.78, 5) is 2.63. The fourth-order valence-corrected chi connectivity index (χ4v) is 2.99. The highest BCUT2D eigenvalue weighted by molar-refractivity contribution is 4.85. The van der Waals surface area contributed by atoms with Crippen LogP contribution in [0.1, 0.15) is 26.2 Å². The summed E-state index contributed by atoms with van der Waals surface area (Å²) in [5.74, 6) is 1.66. The molecular formula is C13H26N2O. The number of piperidine rings is 1. The van der Waals surface area contributed by atoms with Gasteiger partial charge in [0.2, 0.25) is 0 Å². The number of nitrogens with zero attached hydrogens (tertiary/aromatic N) is 1. The number of hydrogen-bond donors (Lipinski definition) is 1. The standard InChI is InChI=1S/C13H26N2O/c1-11-3-6-14-13(11)9-15-7-4-12(5-8-15)10-16-2/h11-14H,3-10H2,1-2H3. The summed E-state index contributed by atoms with van der Waals surface area (Å²) in [5.41, 5.74) is 0. The predicted molar refractivity (Wildman–Crippen MR) is 66.6 cm³/mol. The number of hydrogen-bond acceptors (Lipinski definition) is 3. The predicted octanol–water partition coefficient (Wildman–Crippen LogP) is 1.34. The Morgan fingerprint density at radius 3 is 2.56 bits per heavy atom. The molecule has 2 rings (SSSR count). The van der Waals surface area contributed by atoms with Crippen LogP contribution in [0.15, 0.2) is 0 Å². The van der Waals surface area contributed by atoms with Crippen LogP contribution in [0.4, 0.5) is 0 Å². The van der Waals surface area contributed by atoms with Crippen LogP contribution < -0.4 is 5.32 Å². The van der Waals surface area contributed by atoms with Crippen molar-refractivity contribution in [1.82, 2.24) is 10.2 Å². The van der Waals surface area contributed by atoms with Crippen molar-refractivity contribution in [2.24, 2.45) is 11.8 Å².